The zero-order valence-electron chi connectivity index (χ0n) is 13.8. The van der Waals surface area contributed by atoms with Crippen LogP contribution in [0.25, 0.3) is 11.8 Å². The largest absolute Gasteiger partial charge is 0.317 e. The Labute approximate surface area is 146 Å². The zero-order valence-corrected chi connectivity index (χ0v) is 13.8. The summed E-state index contributed by atoms with van der Waals surface area (Å²) in [5.74, 6) is -0.107. The SMILES string of the molecule is CC1=NN(c2ccccc2)C(=O)/C1=C\c1cccn1-c1ccccc1. The Bertz CT molecular complexity index is 969. The number of hydrogen-bond acceptors (Lipinski definition) is 2. The molecule has 0 atom stereocenters. The second kappa shape index (κ2) is 6.24. The maximum atomic E-state index is 12.8. The van der Waals surface area contributed by atoms with Crippen LogP contribution in [-0.4, -0.2) is 16.2 Å². The Kier molecular flexibility index (Phi) is 3.78. The summed E-state index contributed by atoms with van der Waals surface area (Å²) in [4.78, 5) is 12.8. The van der Waals surface area contributed by atoms with Gasteiger partial charge in [0.05, 0.1) is 17.0 Å². The van der Waals surface area contributed by atoms with Crippen LogP contribution in [0.5, 0.6) is 0 Å². The summed E-state index contributed by atoms with van der Waals surface area (Å²) >= 11 is 0. The molecule has 0 spiro atoms. The summed E-state index contributed by atoms with van der Waals surface area (Å²) in [7, 11) is 0. The number of benzene rings is 2. The second-order valence-electron chi connectivity index (χ2n) is 5.83. The lowest BCUT2D eigenvalue weighted by Crippen LogP contribution is -2.21. The molecule has 4 nitrogen and oxygen atoms in total. The van der Waals surface area contributed by atoms with Gasteiger partial charge in [-0.05, 0) is 49.4 Å². The Morgan fingerprint density at radius 3 is 2.16 bits per heavy atom. The van der Waals surface area contributed by atoms with Gasteiger partial charge >= 0.3 is 0 Å². The van der Waals surface area contributed by atoms with E-state index in [1.54, 1.807) is 0 Å². The molecule has 1 aliphatic heterocycles. The van der Waals surface area contributed by atoms with E-state index in [2.05, 4.69) is 9.67 Å². The van der Waals surface area contributed by atoms with Gasteiger partial charge in [-0.25, -0.2) is 0 Å². The highest BCUT2D eigenvalue weighted by Crippen LogP contribution is 2.25. The number of rotatable bonds is 3. The maximum Gasteiger partial charge on any atom is 0.280 e. The molecule has 3 aromatic rings. The van der Waals surface area contributed by atoms with Crippen LogP contribution < -0.4 is 5.01 Å². The van der Waals surface area contributed by atoms with Gasteiger partial charge in [0.1, 0.15) is 0 Å². The molecular weight excluding hydrogens is 310 g/mol. The fourth-order valence-corrected chi connectivity index (χ4v) is 2.91. The highest BCUT2D eigenvalue weighted by atomic mass is 16.2. The third kappa shape index (κ3) is 2.78. The predicted molar refractivity (Wildman–Crippen MR) is 101 cm³/mol. The first-order valence-electron chi connectivity index (χ1n) is 8.13. The topological polar surface area (TPSA) is 37.6 Å². The van der Waals surface area contributed by atoms with Gasteiger partial charge < -0.3 is 4.57 Å². The number of nitrogens with zero attached hydrogens (tertiary/aromatic N) is 3. The van der Waals surface area contributed by atoms with Crippen LogP contribution in [0.1, 0.15) is 12.6 Å². The lowest BCUT2D eigenvalue weighted by Gasteiger charge is -2.11. The highest BCUT2D eigenvalue weighted by Gasteiger charge is 2.28. The van der Waals surface area contributed by atoms with E-state index in [1.165, 1.54) is 5.01 Å². The number of carbonyl (C=O) groups is 1. The molecule has 25 heavy (non-hydrogen) atoms. The smallest absolute Gasteiger partial charge is 0.280 e. The first-order valence-corrected chi connectivity index (χ1v) is 8.13. The maximum absolute atomic E-state index is 12.8. The molecule has 0 radical (unpaired) electrons. The van der Waals surface area contributed by atoms with Gasteiger partial charge in [-0.3, -0.25) is 4.79 Å². The van der Waals surface area contributed by atoms with Gasteiger partial charge in [-0.2, -0.15) is 10.1 Å². The first-order chi connectivity index (χ1) is 12.2. The minimum atomic E-state index is -0.107. The van der Waals surface area contributed by atoms with Gasteiger partial charge in [-0.15, -0.1) is 0 Å². The van der Waals surface area contributed by atoms with Crippen LogP contribution in [0.4, 0.5) is 5.69 Å². The van der Waals surface area contributed by atoms with Crippen molar-refractivity contribution in [3.05, 3.63) is 90.3 Å². The van der Waals surface area contributed by atoms with E-state index in [-0.39, 0.29) is 5.91 Å². The number of anilines is 1. The molecule has 0 fully saturated rings. The van der Waals surface area contributed by atoms with Crippen molar-refractivity contribution in [3.63, 3.8) is 0 Å². The molecule has 1 aliphatic rings. The van der Waals surface area contributed by atoms with Crippen LogP contribution >= 0.6 is 0 Å². The van der Waals surface area contributed by atoms with Crippen molar-refractivity contribution in [3.8, 4) is 5.69 Å². The Morgan fingerprint density at radius 1 is 0.840 bits per heavy atom. The molecule has 1 aromatic heterocycles. The lowest BCUT2D eigenvalue weighted by molar-refractivity contribution is -0.114. The summed E-state index contributed by atoms with van der Waals surface area (Å²) in [6, 6.07) is 23.5. The van der Waals surface area contributed by atoms with Crippen molar-refractivity contribution in [2.45, 2.75) is 6.92 Å². The van der Waals surface area contributed by atoms with E-state index < -0.39 is 0 Å². The molecule has 0 saturated heterocycles. The van der Waals surface area contributed by atoms with Crippen LogP contribution in [0.2, 0.25) is 0 Å². The number of amides is 1. The molecule has 0 bridgehead atoms. The van der Waals surface area contributed by atoms with Crippen molar-refractivity contribution >= 4 is 23.4 Å². The van der Waals surface area contributed by atoms with E-state index in [4.69, 9.17) is 0 Å². The average molecular weight is 327 g/mol. The van der Waals surface area contributed by atoms with Gasteiger partial charge in [0, 0.05) is 17.6 Å². The van der Waals surface area contributed by atoms with Crippen LogP contribution in [0.15, 0.2) is 89.7 Å². The van der Waals surface area contributed by atoms with Gasteiger partial charge in [0.2, 0.25) is 0 Å². The van der Waals surface area contributed by atoms with E-state index in [0.717, 1.165) is 22.8 Å². The summed E-state index contributed by atoms with van der Waals surface area (Å²) in [5.41, 5.74) is 4.10. The van der Waals surface area contributed by atoms with Crippen molar-refractivity contribution < 1.29 is 4.79 Å². The Balaban J connectivity index is 1.71. The lowest BCUT2D eigenvalue weighted by atomic mass is 10.1. The van der Waals surface area contributed by atoms with Crippen molar-refractivity contribution in [2.24, 2.45) is 5.10 Å². The van der Waals surface area contributed by atoms with E-state index in [9.17, 15) is 4.79 Å². The molecule has 0 unspecified atom stereocenters. The number of hydrazone groups is 1. The van der Waals surface area contributed by atoms with E-state index in [0.29, 0.717) is 5.57 Å². The normalized spacial score (nSPS) is 15.7. The second-order valence-corrected chi connectivity index (χ2v) is 5.83. The quantitative estimate of drug-likeness (QED) is 0.662. The molecule has 122 valence electrons. The van der Waals surface area contributed by atoms with Crippen molar-refractivity contribution in [1.29, 1.82) is 0 Å². The summed E-state index contributed by atoms with van der Waals surface area (Å²) in [5, 5.41) is 5.88. The highest BCUT2D eigenvalue weighted by molar-refractivity contribution is 6.32. The van der Waals surface area contributed by atoms with E-state index in [1.807, 2.05) is 92.0 Å². The molecule has 4 rings (SSSR count). The summed E-state index contributed by atoms with van der Waals surface area (Å²) in [6.45, 7) is 1.86. The fraction of sp³-hybridized carbons (Fsp3) is 0.0476. The molecule has 2 heterocycles. The predicted octanol–water partition coefficient (Wildman–Crippen LogP) is 4.28. The Morgan fingerprint density at radius 2 is 1.48 bits per heavy atom. The van der Waals surface area contributed by atoms with Crippen LogP contribution in [0.3, 0.4) is 0 Å². The summed E-state index contributed by atoms with van der Waals surface area (Å²) in [6.07, 6.45) is 3.89. The van der Waals surface area contributed by atoms with Crippen molar-refractivity contribution in [2.75, 3.05) is 5.01 Å². The number of para-hydroxylation sites is 2. The molecule has 0 N–H and O–H groups in total. The van der Waals surface area contributed by atoms with Gasteiger partial charge in [0.25, 0.3) is 5.91 Å². The molecular formula is C21H17N3O. The standard InChI is InChI=1S/C21H17N3O/c1-16-20(21(25)24(22-16)18-11-6-3-7-12-18)15-19-13-8-14-23(19)17-9-4-2-5-10-17/h2-15H,1H3/b20-15-. The van der Waals surface area contributed by atoms with Gasteiger partial charge in [0.15, 0.2) is 0 Å². The number of carbonyl (C=O) groups excluding carboxylic acids is 1. The third-order valence-electron chi connectivity index (χ3n) is 4.17. The van der Waals surface area contributed by atoms with Crippen LogP contribution in [-0.2, 0) is 4.79 Å². The number of aromatic nitrogens is 1. The third-order valence-corrected chi connectivity index (χ3v) is 4.17. The average Bonchev–Trinajstić information content (AvgIpc) is 3.23. The fourth-order valence-electron chi connectivity index (χ4n) is 2.91. The van der Waals surface area contributed by atoms with Crippen molar-refractivity contribution in [1.82, 2.24) is 4.57 Å². The minimum absolute atomic E-state index is 0.107. The van der Waals surface area contributed by atoms with Gasteiger partial charge in [-0.1, -0.05) is 36.4 Å². The monoisotopic (exact) mass is 327 g/mol. The summed E-state index contributed by atoms with van der Waals surface area (Å²) < 4.78 is 2.05. The molecule has 4 heteroatoms. The molecule has 1 amide bonds. The zero-order chi connectivity index (χ0) is 17.2. The number of hydrogen-bond donors (Lipinski definition) is 0. The van der Waals surface area contributed by atoms with Crippen LogP contribution in [0, 0.1) is 0 Å². The minimum Gasteiger partial charge on any atom is -0.317 e. The Hall–Kier alpha value is -3.40. The first kappa shape index (κ1) is 15.1. The molecule has 2 aromatic carbocycles. The molecule has 0 aliphatic carbocycles. The molecule has 0 saturated carbocycles. The van der Waals surface area contributed by atoms with E-state index >= 15 is 0 Å².